The fraction of sp³-hybridized carbons (Fsp3) is 0.357. The molecule has 1 aromatic carbocycles. The minimum Gasteiger partial charge on any atom is -0.451 e. The average molecular weight is 337 g/mol. The molecule has 128 valence electrons. The van der Waals surface area contributed by atoms with E-state index in [1.54, 1.807) is 0 Å². The number of non-ortho nitro benzene ring substituents is 1. The molecule has 0 fully saturated rings. The van der Waals surface area contributed by atoms with Gasteiger partial charge in [0.25, 0.3) is 11.6 Å². The van der Waals surface area contributed by atoms with Gasteiger partial charge in [0.15, 0.2) is 11.7 Å². The molecule has 2 rings (SSSR count). The van der Waals surface area contributed by atoms with Crippen LogP contribution in [0.15, 0.2) is 27.4 Å². The number of hydrogen-bond donors (Lipinski definition) is 0. The molecule has 1 heterocycles. The Morgan fingerprint density at radius 1 is 1.42 bits per heavy atom. The van der Waals surface area contributed by atoms with Crippen molar-refractivity contribution < 1.29 is 23.7 Å². The Kier molecular flexibility index (Phi) is 4.67. The Morgan fingerprint density at radius 2 is 2.08 bits per heavy atom. The van der Waals surface area contributed by atoms with Crippen molar-refractivity contribution in [3.05, 3.63) is 38.9 Å². The zero-order valence-electron chi connectivity index (χ0n) is 13.2. The Hall–Kier alpha value is -3.17. The lowest BCUT2D eigenvalue weighted by atomic mass is 10.3. The molecule has 10 nitrogen and oxygen atoms in total. The number of carbonyl (C=O) groups excluding carboxylic acids is 2. The summed E-state index contributed by atoms with van der Waals surface area (Å²) in [5.41, 5.74) is -0.0373. The van der Waals surface area contributed by atoms with E-state index >= 15 is 0 Å². The highest BCUT2D eigenvalue weighted by Crippen LogP contribution is 2.20. The summed E-state index contributed by atoms with van der Waals surface area (Å²) in [6, 6.07) is 3.59. The van der Waals surface area contributed by atoms with Crippen LogP contribution < -0.4 is 5.76 Å². The highest BCUT2D eigenvalue weighted by atomic mass is 16.6. The maximum Gasteiger partial charge on any atom is 0.420 e. The number of fused-ring (bicyclic) bond motifs is 1. The molecule has 2 aromatic rings. The van der Waals surface area contributed by atoms with Gasteiger partial charge >= 0.3 is 11.7 Å². The quantitative estimate of drug-likeness (QED) is 0.442. The third kappa shape index (κ3) is 3.42. The van der Waals surface area contributed by atoms with Crippen LogP contribution in [-0.4, -0.2) is 46.5 Å². The van der Waals surface area contributed by atoms with E-state index in [4.69, 9.17) is 9.15 Å². The third-order valence-electron chi connectivity index (χ3n) is 3.25. The zero-order chi connectivity index (χ0) is 18.0. The van der Waals surface area contributed by atoms with Gasteiger partial charge in [-0.05, 0) is 13.0 Å². The number of likely N-dealkylation sites (N-methyl/N-ethyl adjacent to an activating group) is 1. The Morgan fingerprint density at radius 3 is 2.67 bits per heavy atom. The van der Waals surface area contributed by atoms with Crippen molar-refractivity contribution >= 4 is 28.7 Å². The number of oxazole rings is 1. The fourth-order valence-corrected chi connectivity index (χ4v) is 2.10. The molecule has 0 bridgehead atoms. The first-order valence-corrected chi connectivity index (χ1v) is 6.89. The Balaban J connectivity index is 2.22. The minimum absolute atomic E-state index is 0.0144. The maximum absolute atomic E-state index is 11.9. The highest BCUT2D eigenvalue weighted by Gasteiger charge is 2.21. The van der Waals surface area contributed by atoms with E-state index in [1.165, 1.54) is 38.1 Å². The van der Waals surface area contributed by atoms with E-state index in [2.05, 4.69) is 0 Å². The first-order valence-electron chi connectivity index (χ1n) is 6.89. The summed E-state index contributed by atoms with van der Waals surface area (Å²) in [7, 11) is 3.04. The maximum atomic E-state index is 11.9. The Labute approximate surface area is 135 Å². The summed E-state index contributed by atoms with van der Waals surface area (Å²) in [4.78, 5) is 46.8. The van der Waals surface area contributed by atoms with Gasteiger partial charge in [0.1, 0.15) is 6.54 Å². The number of esters is 1. The van der Waals surface area contributed by atoms with Gasteiger partial charge in [-0.25, -0.2) is 4.79 Å². The van der Waals surface area contributed by atoms with Gasteiger partial charge in [0.05, 0.1) is 16.5 Å². The molecule has 1 aromatic heterocycles. The van der Waals surface area contributed by atoms with Crippen LogP contribution in [-0.2, 0) is 20.9 Å². The van der Waals surface area contributed by atoms with Gasteiger partial charge in [-0.3, -0.25) is 24.3 Å². The molecule has 0 saturated carbocycles. The summed E-state index contributed by atoms with van der Waals surface area (Å²) >= 11 is 0. The molecular weight excluding hydrogens is 322 g/mol. The molecule has 0 aliphatic heterocycles. The van der Waals surface area contributed by atoms with Crippen molar-refractivity contribution in [3.8, 4) is 0 Å². The van der Waals surface area contributed by atoms with Crippen LogP contribution in [0.2, 0.25) is 0 Å². The van der Waals surface area contributed by atoms with E-state index in [0.29, 0.717) is 0 Å². The molecule has 0 unspecified atom stereocenters. The molecule has 0 spiro atoms. The molecule has 24 heavy (non-hydrogen) atoms. The topological polar surface area (TPSA) is 125 Å². The predicted molar refractivity (Wildman–Crippen MR) is 81.4 cm³/mol. The van der Waals surface area contributed by atoms with Crippen LogP contribution in [0.3, 0.4) is 0 Å². The van der Waals surface area contributed by atoms with Gasteiger partial charge in [-0.2, -0.15) is 0 Å². The smallest absolute Gasteiger partial charge is 0.420 e. The molecule has 0 N–H and O–H groups in total. The first-order chi connectivity index (χ1) is 11.2. The van der Waals surface area contributed by atoms with Crippen molar-refractivity contribution in [2.24, 2.45) is 0 Å². The molecule has 0 radical (unpaired) electrons. The lowest BCUT2D eigenvalue weighted by molar-refractivity contribution is -0.384. The number of rotatable bonds is 5. The number of nitrogens with zero attached hydrogens (tertiary/aromatic N) is 3. The van der Waals surface area contributed by atoms with E-state index in [0.717, 1.165) is 10.6 Å². The van der Waals surface area contributed by atoms with Crippen molar-refractivity contribution in [2.45, 2.75) is 19.6 Å². The zero-order valence-corrected chi connectivity index (χ0v) is 13.2. The summed E-state index contributed by atoms with van der Waals surface area (Å²) in [6.07, 6.45) is -0.998. The lowest BCUT2D eigenvalue weighted by Gasteiger charge is -2.17. The number of nitro benzene ring substituents is 1. The molecule has 0 saturated heterocycles. The minimum atomic E-state index is -0.998. The number of hydrogen-bond acceptors (Lipinski definition) is 7. The summed E-state index contributed by atoms with van der Waals surface area (Å²) < 4.78 is 10.9. The van der Waals surface area contributed by atoms with Crippen molar-refractivity contribution in [1.29, 1.82) is 0 Å². The second kappa shape index (κ2) is 6.52. The number of benzene rings is 1. The van der Waals surface area contributed by atoms with E-state index in [9.17, 15) is 24.5 Å². The van der Waals surface area contributed by atoms with Gasteiger partial charge in [0.2, 0.25) is 0 Å². The average Bonchev–Trinajstić information content (AvgIpc) is 2.81. The summed E-state index contributed by atoms with van der Waals surface area (Å²) in [5, 5.41) is 10.7. The number of carbonyl (C=O) groups is 2. The molecule has 1 amide bonds. The van der Waals surface area contributed by atoms with Crippen LogP contribution in [0, 0.1) is 10.1 Å². The van der Waals surface area contributed by atoms with Crippen LogP contribution in [0.1, 0.15) is 6.92 Å². The van der Waals surface area contributed by atoms with Crippen molar-refractivity contribution in [2.75, 3.05) is 14.1 Å². The molecule has 0 aliphatic carbocycles. The monoisotopic (exact) mass is 337 g/mol. The summed E-state index contributed by atoms with van der Waals surface area (Å²) in [6.45, 7) is 0.939. The fourth-order valence-electron chi connectivity index (χ4n) is 2.10. The van der Waals surface area contributed by atoms with E-state index in [1.807, 2.05) is 0 Å². The number of ether oxygens (including phenoxy) is 1. The molecule has 0 aliphatic rings. The van der Waals surface area contributed by atoms with E-state index < -0.39 is 35.2 Å². The number of nitro groups is 1. The molecular formula is C14H15N3O7. The summed E-state index contributed by atoms with van der Waals surface area (Å²) in [5.74, 6) is -2.06. The van der Waals surface area contributed by atoms with Crippen molar-refractivity contribution in [3.63, 3.8) is 0 Å². The second-order valence-corrected chi connectivity index (χ2v) is 5.23. The standard InChI is InChI=1S/C14H15N3O7/c1-8(13(19)15(2)3)23-12(18)7-16-10-5-4-9(17(21)22)6-11(10)24-14(16)20/h4-6,8H,7H2,1-3H3/t8-/m0/s1. The first kappa shape index (κ1) is 17.2. The van der Waals surface area contributed by atoms with Crippen molar-refractivity contribution in [1.82, 2.24) is 9.47 Å². The third-order valence-corrected chi connectivity index (χ3v) is 3.25. The van der Waals surface area contributed by atoms with Crippen LogP contribution in [0.4, 0.5) is 5.69 Å². The van der Waals surface area contributed by atoms with Gasteiger partial charge in [-0.1, -0.05) is 0 Å². The van der Waals surface area contributed by atoms with Crippen LogP contribution >= 0.6 is 0 Å². The normalized spacial score (nSPS) is 12.0. The number of aromatic nitrogens is 1. The largest absolute Gasteiger partial charge is 0.451 e. The van der Waals surface area contributed by atoms with Crippen LogP contribution in [0.25, 0.3) is 11.1 Å². The van der Waals surface area contributed by atoms with Gasteiger partial charge in [-0.15, -0.1) is 0 Å². The van der Waals surface area contributed by atoms with Crippen LogP contribution in [0.5, 0.6) is 0 Å². The lowest BCUT2D eigenvalue weighted by Crippen LogP contribution is -2.36. The predicted octanol–water partition coefficient (Wildman–Crippen LogP) is 0.523. The second-order valence-electron chi connectivity index (χ2n) is 5.23. The molecule has 10 heteroatoms. The van der Waals surface area contributed by atoms with Gasteiger partial charge in [0, 0.05) is 20.2 Å². The SMILES string of the molecule is C[C@H](OC(=O)Cn1c(=O)oc2cc([N+](=O)[O-])ccc21)C(=O)N(C)C. The molecule has 1 atom stereocenters. The van der Waals surface area contributed by atoms with E-state index in [-0.39, 0.29) is 16.8 Å². The Bertz CT molecular complexity index is 865. The van der Waals surface area contributed by atoms with Gasteiger partial charge < -0.3 is 14.1 Å². The number of amides is 1. The highest BCUT2D eigenvalue weighted by molar-refractivity contribution is 5.83.